The van der Waals surface area contributed by atoms with E-state index in [0.29, 0.717) is 0 Å². The first-order valence-corrected chi connectivity index (χ1v) is 7.41. The van der Waals surface area contributed by atoms with Gasteiger partial charge in [-0.1, -0.05) is 47.1 Å². The van der Waals surface area contributed by atoms with Gasteiger partial charge in [0, 0.05) is 0 Å². The van der Waals surface area contributed by atoms with Crippen LogP contribution in [0.1, 0.15) is 73.6 Å². The molecule has 1 aliphatic rings. The van der Waals surface area contributed by atoms with Crippen molar-refractivity contribution in [1.29, 1.82) is 0 Å². The Morgan fingerprint density at radius 1 is 1.00 bits per heavy atom. The quantitative estimate of drug-likeness (QED) is 0.547. The van der Waals surface area contributed by atoms with Gasteiger partial charge in [-0.05, 0) is 54.6 Å². The molecule has 1 aliphatic carbocycles. The molecule has 0 radical (unpaired) electrons. The molecule has 0 amide bonds. The van der Waals surface area contributed by atoms with E-state index in [2.05, 4.69) is 41.5 Å². The van der Waals surface area contributed by atoms with Crippen LogP contribution in [-0.4, -0.2) is 0 Å². The molecule has 104 valence electrons. The molecule has 0 saturated carbocycles. The molecule has 1 heteroatoms. The molecule has 0 spiro atoms. The van der Waals surface area contributed by atoms with Crippen LogP contribution in [0.2, 0.25) is 0 Å². The highest BCUT2D eigenvalue weighted by Crippen LogP contribution is 2.45. The molecule has 0 unspecified atom stereocenters. The molecular weight excluding hydrogens is 223 g/mol. The molecule has 0 heterocycles. The van der Waals surface area contributed by atoms with Crippen molar-refractivity contribution in [3.63, 3.8) is 0 Å². The van der Waals surface area contributed by atoms with E-state index >= 15 is 0 Å². The summed E-state index contributed by atoms with van der Waals surface area (Å²) >= 11 is 0. The molecule has 0 aromatic carbocycles. The maximum absolute atomic E-state index is 14.4. The van der Waals surface area contributed by atoms with Crippen molar-refractivity contribution in [2.45, 2.75) is 73.6 Å². The summed E-state index contributed by atoms with van der Waals surface area (Å²) in [5.41, 5.74) is 2.50. The molecule has 0 atom stereocenters. The average Bonchev–Trinajstić information content (AvgIpc) is 2.37. The first-order valence-electron chi connectivity index (χ1n) is 7.41. The van der Waals surface area contributed by atoms with Gasteiger partial charge in [-0.15, -0.1) is 0 Å². The maximum Gasteiger partial charge on any atom is 0.122 e. The zero-order chi connectivity index (χ0) is 14.0. The lowest BCUT2D eigenvalue weighted by Gasteiger charge is -2.35. The molecule has 0 aliphatic heterocycles. The minimum absolute atomic E-state index is 0.0441. The first kappa shape index (κ1) is 15.5. The third-order valence-electron chi connectivity index (χ3n) is 5.28. The molecule has 0 bridgehead atoms. The van der Waals surface area contributed by atoms with E-state index in [-0.39, 0.29) is 16.7 Å². The summed E-state index contributed by atoms with van der Waals surface area (Å²) in [6.45, 7) is 13.1. The SMILES string of the molecule is CCC(C)(C)C1=CC(F)=C(C(C)(CC)CC)CC1. The molecule has 1 rings (SSSR count). The number of halogens is 1. The predicted octanol–water partition coefficient (Wildman–Crippen LogP) is 6.19. The van der Waals surface area contributed by atoms with Crippen molar-refractivity contribution < 1.29 is 4.39 Å². The van der Waals surface area contributed by atoms with Crippen LogP contribution in [0.4, 0.5) is 4.39 Å². The van der Waals surface area contributed by atoms with Gasteiger partial charge in [0.25, 0.3) is 0 Å². The van der Waals surface area contributed by atoms with Crippen molar-refractivity contribution in [3.05, 3.63) is 23.0 Å². The molecule has 0 aromatic heterocycles. The Morgan fingerprint density at radius 3 is 1.94 bits per heavy atom. The Hall–Kier alpha value is -0.590. The minimum atomic E-state index is 0.0441. The van der Waals surface area contributed by atoms with Crippen LogP contribution in [0.25, 0.3) is 0 Å². The fourth-order valence-corrected chi connectivity index (χ4v) is 2.72. The van der Waals surface area contributed by atoms with Gasteiger partial charge in [0.2, 0.25) is 0 Å². The summed E-state index contributed by atoms with van der Waals surface area (Å²) in [7, 11) is 0. The van der Waals surface area contributed by atoms with E-state index in [4.69, 9.17) is 0 Å². The number of rotatable bonds is 5. The van der Waals surface area contributed by atoms with Crippen molar-refractivity contribution in [2.75, 3.05) is 0 Å². The summed E-state index contributed by atoms with van der Waals surface area (Å²) in [6.07, 6.45) is 6.86. The Kier molecular flexibility index (Phi) is 4.80. The van der Waals surface area contributed by atoms with Gasteiger partial charge in [-0.2, -0.15) is 0 Å². The van der Waals surface area contributed by atoms with E-state index in [9.17, 15) is 4.39 Å². The van der Waals surface area contributed by atoms with Gasteiger partial charge >= 0.3 is 0 Å². The van der Waals surface area contributed by atoms with Crippen LogP contribution in [0.5, 0.6) is 0 Å². The zero-order valence-electron chi connectivity index (χ0n) is 13.0. The van der Waals surface area contributed by atoms with E-state index < -0.39 is 0 Å². The highest BCUT2D eigenvalue weighted by Gasteiger charge is 2.32. The number of allylic oxidation sites excluding steroid dienone is 4. The number of hydrogen-bond acceptors (Lipinski definition) is 0. The molecule has 0 aromatic rings. The molecule has 0 N–H and O–H groups in total. The third-order valence-corrected chi connectivity index (χ3v) is 5.28. The van der Waals surface area contributed by atoms with E-state index in [1.54, 1.807) is 0 Å². The summed E-state index contributed by atoms with van der Waals surface area (Å²) in [4.78, 5) is 0. The fourth-order valence-electron chi connectivity index (χ4n) is 2.72. The fraction of sp³-hybridized carbons (Fsp3) is 0.765. The van der Waals surface area contributed by atoms with Crippen LogP contribution < -0.4 is 0 Å². The van der Waals surface area contributed by atoms with E-state index in [0.717, 1.165) is 37.7 Å². The highest BCUT2D eigenvalue weighted by atomic mass is 19.1. The minimum Gasteiger partial charge on any atom is -0.207 e. The standard InChI is InChI=1S/C17H29F/c1-7-16(4,5)13-10-11-14(15(18)12-13)17(6,8-2)9-3/h12H,7-11H2,1-6H3. The predicted molar refractivity (Wildman–Crippen MR) is 78.2 cm³/mol. The van der Waals surface area contributed by atoms with Crippen LogP contribution in [0.15, 0.2) is 23.0 Å². The van der Waals surface area contributed by atoms with Crippen molar-refractivity contribution in [2.24, 2.45) is 10.8 Å². The number of hydrogen-bond donors (Lipinski definition) is 0. The van der Waals surface area contributed by atoms with Crippen molar-refractivity contribution in [1.82, 2.24) is 0 Å². The normalized spacial score (nSPS) is 18.1. The zero-order valence-corrected chi connectivity index (χ0v) is 13.0. The second-order valence-electron chi connectivity index (χ2n) is 6.50. The van der Waals surface area contributed by atoms with Gasteiger partial charge in [0.1, 0.15) is 5.83 Å². The summed E-state index contributed by atoms with van der Waals surface area (Å²) < 4.78 is 14.4. The lowest BCUT2D eigenvalue weighted by molar-refractivity contribution is 0.331. The summed E-state index contributed by atoms with van der Waals surface area (Å²) in [5.74, 6) is 0.0453. The monoisotopic (exact) mass is 252 g/mol. The van der Waals surface area contributed by atoms with Gasteiger partial charge < -0.3 is 0 Å². The average molecular weight is 252 g/mol. The molecule has 0 saturated heterocycles. The molecular formula is C17H29F. The Balaban J connectivity index is 3.10. The maximum atomic E-state index is 14.4. The second-order valence-corrected chi connectivity index (χ2v) is 6.50. The first-order chi connectivity index (χ1) is 8.30. The van der Waals surface area contributed by atoms with Crippen molar-refractivity contribution >= 4 is 0 Å². The lowest BCUT2D eigenvalue weighted by atomic mass is 9.70. The third kappa shape index (κ3) is 2.87. The van der Waals surface area contributed by atoms with Crippen LogP contribution >= 0.6 is 0 Å². The highest BCUT2D eigenvalue weighted by molar-refractivity contribution is 5.35. The van der Waals surface area contributed by atoms with Crippen LogP contribution in [-0.2, 0) is 0 Å². The smallest absolute Gasteiger partial charge is 0.122 e. The summed E-state index contributed by atoms with van der Waals surface area (Å²) in [6, 6.07) is 0. The van der Waals surface area contributed by atoms with Gasteiger partial charge in [-0.25, -0.2) is 4.39 Å². The van der Waals surface area contributed by atoms with E-state index in [1.807, 2.05) is 6.08 Å². The van der Waals surface area contributed by atoms with Crippen molar-refractivity contribution in [3.8, 4) is 0 Å². The van der Waals surface area contributed by atoms with Gasteiger partial charge in [-0.3, -0.25) is 0 Å². The van der Waals surface area contributed by atoms with E-state index in [1.165, 1.54) is 5.57 Å². The summed E-state index contributed by atoms with van der Waals surface area (Å²) in [5, 5.41) is 0. The molecule has 18 heavy (non-hydrogen) atoms. The topological polar surface area (TPSA) is 0 Å². The van der Waals surface area contributed by atoms with Crippen LogP contribution in [0, 0.1) is 10.8 Å². The van der Waals surface area contributed by atoms with Gasteiger partial charge in [0.15, 0.2) is 0 Å². The Bertz CT molecular complexity index is 354. The molecule has 0 fully saturated rings. The lowest BCUT2D eigenvalue weighted by Crippen LogP contribution is -2.23. The largest absolute Gasteiger partial charge is 0.207 e. The second kappa shape index (κ2) is 5.59. The molecule has 0 nitrogen and oxygen atoms in total. The Morgan fingerprint density at radius 2 is 1.56 bits per heavy atom. The Labute approximate surface area is 112 Å². The van der Waals surface area contributed by atoms with Gasteiger partial charge in [0.05, 0.1) is 0 Å². The van der Waals surface area contributed by atoms with Crippen LogP contribution in [0.3, 0.4) is 0 Å².